The van der Waals surface area contributed by atoms with Gasteiger partial charge in [0.1, 0.15) is 0 Å². The second-order valence-electron chi connectivity index (χ2n) is 5.69. The summed E-state index contributed by atoms with van der Waals surface area (Å²) in [6.45, 7) is 8.47. The molecule has 0 radical (unpaired) electrons. The van der Waals surface area contributed by atoms with Crippen LogP contribution in [-0.2, 0) is 6.42 Å². The largest absolute Gasteiger partial charge is 0.316 e. The van der Waals surface area contributed by atoms with Crippen LogP contribution in [0.25, 0.3) is 0 Å². The van der Waals surface area contributed by atoms with Crippen LogP contribution in [0, 0.1) is 5.92 Å². The highest BCUT2D eigenvalue weighted by Gasteiger charge is 2.20. The Labute approximate surface area is 118 Å². The van der Waals surface area contributed by atoms with Crippen LogP contribution in [0.2, 0.25) is 0 Å². The SMILES string of the molecule is CCN1CCC(CNCCCCc2ccccc2)C1. The zero-order valence-electron chi connectivity index (χ0n) is 12.3. The van der Waals surface area contributed by atoms with Gasteiger partial charge in [-0.05, 0) is 63.3 Å². The van der Waals surface area contributed by atoms with Crippen molar-refractivity contribution in [3.63, 3.8) is 0 Å². The van der Waals surface area contributed by atoms with Crippen LogP contribution in [0.15, 0.2) is 30.3 Å². The Morgan fingerprint density at radius 2 is 2.05 bits per heavy atom. The zero-order chi connectivity index (χ0) is 13.3. The van der Waals surface area contributed by atoms with Crippen LogP contribution in [0.3, 0.4) is 0 Å². The van der Waals surface area contributed by atoms with Crippen LogP contribution in [0.4, 0.5) is 0 Å². The van der Waals surface area contributed by atoms with Gasteiger partial charge in [-0.25, -0.2) is 0 Å². The third-order valence-corrected chi connectivity index (χ3v) is 4.16. The summed E-state index contributed by atoms with van der Waals surface area (Å²) < 4.78 is 0. The second-order valence-corrected chi connectivity index (χ2v) is 5.69. The van der Waals surface area contributed by atoms with Crippen molar-refractivity contribution >= 4 is 0 Å². The van der Waals surface area contributed by atoms with Gasteiger partial charge in [-0.3, -0.25) is 0 Å². The summed E-state index contributed by atoms with van der Waals surface area (Å²) in [5.41, 5.74) is 1.47. The number of benzene rings is 1. The number of nitrogens with one attached hydrogen (secondary N) is 1. The van der Waals surface area contributed by atoms with E-state index in [-0.39, 0.29) is 0 Å². The molecule has 1 unspecified atom stereocenters. The third-order valence-electron chi connectivity index (χ3n) is 4.16. The molecule has 2 heteroatoms. The molecule has 1 atom stereocenters. The number of hydrogen-bond acceptors (Lipinski definition) is 2. The molecule has 0 aliphatic carbocycles. The molecule has 0 spiro atoms. The Kier molecular flexibility index (Phi) is 6.38. The topological polar surface area (TPSA) is 15.3 Å². The molecule has 0 aromatic heterocycles. The predicted molar refractivity (Wildman–Crippen MR) is 82.5 cm³/mol. The standard InChI is InChI=1S/C17H28N2/c1-2-19-13-11-17(15-19)14-18-12-7-6-10-16-8-4-3-5-9-16/h3-5,8-9,17-18H,2,6-7,10-15H2,1H3. The summed E-state index contributed by atoms with van der Waals surface area (Å²) in [6, 6.07) is 10.8. The Morgan fingerprint density at radius 1 is 1.21 bits per heavy atom. The molecule has 2 rings (SSSR count). The predicted octanol–water partition coefficient (Wildman–Crippen LogP) is 2.94. The van der Waals surface area contributed by atoms with E-state index in [2.05, 4.69) is 47.5 Å². The number of rotatable bonds is 8. The molecule has 19 heavy (non-hydrogen) atoms. The Bertz CT molecular complexity index is 336. The summed E-state index contributed by atoms with van der Waals surface area (Å²) in [4.78, 5) is 2.56. The number of hydrogen-bond donors (Lipinski definition) is 1. The maximum Gasteiger partial charge on any atom is 0.00222 e. The van der Waals surface area contributed by atoms with Gasteiger partial charge in [-0.15, -0.1) is 0 Å². The van der Waals surface area contributed by atoms with Gasteiger partial charge in [0.25, 0.3) is 0 Å². The van der Waals surface area contributed by atoms with Gasteiger partial charge in [0.05, 0.1) is 0 Å². The molecule has 1 aromatic rings. The first-order valence-electron chi connectivity index (χ1n) is 7.85. The van der Waals surface area contributed by atoms with Gasteiger partial charge in [0, 0.05) is 6.54 Å². The fourth-order valence-electron chi connectivity index (χ4n) is 2.90. The molecule has 1 aliphatic heterocycles. The van der Waals surface area contributed by atoms with Gasteiger partial charge >= 0.3 is 0 Å². The molecule has 1 fully saturated rings. The third kappa shape index (κ3) is 5.33. The molecule has 1 aliphatic rings. The lowest BCUT2D eigenvalue weighted by molar-refractivity contribution is 0.339. The second kappa shape index (κ2) is 8.34. The molecule has 0 saturated carbocycles. The minimum absolute atomic E-state index is 0.883. The first-order valence-corrected chi connectivity index (χ1v) is 7.85. The van der Waals surface area contributed by atoms with Crippen molar-refractivity contribution in [2.24, 2.45) is 5.92 Å². The lowest BCUT2D eigenvalue weighted by atomic mass is 10.1. The monoisotopic (exact) mass is 260 g/mol. The summed E-state index contributed by atoms with van der Waals surface area (Å²) in [6.07, 6.45) is 5.18. The van der Waals surface area contributed by atoms with E-state index in [1.54, 1.807) is 0 Å². The molecule has 2 nitrogen and oxygen atoms in total. The van der Waals surface area contributed by atoms with Gasteiger partial charge < -0.3 is 10.2 Å². The first-order chi connectivity index (χ1) is 9.38. The van der Waals surface area contributed by atoms with E-state index in [1.165, 1.54) is 64.0 Å². The molecule has 106 valence electrons. The van der Waals surface area contributed by atoms with Crippen molar-refractivity contribution in [3.05, 3.63) is 35.9 Å². The lowest BCUT2D eigenvalue weighted by Gasteiger charge is -2.13. The number of nitrogens with zero attached hydrogens (tertiary/aromatic N) is 1. The van der Waals surface area contributed by atoms with Crippen molar-refractivity contribution in [3.8, 4) is 0 Å². The van der Waals surface area contributed by atoms with Crippen LogP contribution in [0.5, 0.6) is 0 Å². The summed E-state index contributed by atoms with van der Waals surface area (Å²) >= 11 is 0. The molecule has 0 amide bonds. The van der Waals surface area contributed by atoms with Crippen LogP contribution in [-0.4, -0.2) is 37.6 Å². The summed E-state index contributed by atoms with van der Waals surface area (Å²) in [7, 11) is 0. The fraction of sp³-hybridized carbons (Fsp3) is 0.647. The van der Waals surface area contributed by atoms with E-state index < -0.39 is 0 Å². The molecule has 0 bridgehead atoms. The van der Waals surface area contributed by atoms with Crippen LogP contribution >= 0.6 is 0 Å². The van der Waals surface area contributed by atoms with Gasteiger partial charge in [0.2, 0.25) is 0 Å². The van der Waals surface area contributed by atoms with Crippen molar-refractivity contribution in [1.82, 2.24) is 10.2 Å². The van der Waals surface area contributed by atoms with Gasteiger partial charge in [-0.1, -0.05) is 37.3 Å². The molecular weight excluding hydrogens is 232 g/mol. The molecular formula is C17H28N2. The average Bonchev–Trinajstić information content (AvgIpc) is 2.92. The lowest BCUT2D eigenvalue weighted by Crippen LogP contribution is -2.27. The van der Waals surface area contributed by atoms with Crippen molar-refractivity contribution < 1.29 is 0 Å². The van der Waals surface area contributed by atoms with Crippen LogP contribution < -0.4 is 5.32 Å². The number of aryl methyl sites for hydroxylation is 1. The highest BCUT2D eigenvalue weighted by molar-refractivity contribution is 5.14. The molecule has 1 aromatic carbocycles. The average molecular weight is 260 g/mol. The maximum atomic E-state index is 3.63. The Hall–Kier alpha value is -0.860. The molecule has 1 heterocycles. The van der Waals surface area contributed by atoms with E-state index in [9.17, 15) is 0 Å². The van der Waals surface area contributed by atoms with Gasteiger partial charge in [0.15, 0.2) is 0 Å². The van der Waals surface area contributed by atoms with Crippen molar-refractivity contribution in [1.29, 1.82) is 0 Å². The van der Waals surface area contributed by atoms with E-state index in [1.807, 2.05) is 0 Å². The van der Waals surface area contributed by atoms with E-state index >= 15 is 0 Å². The number of unbranched alkanes of at least 4 members (excludes halogenated alkanes) is 1. The quantitative estimate of drug-likeness (QED) is 0.723. The van der Waals surface area contributed by atoms with Crippen molar-refractivity contribution in [2.75, 3.05) is 32.7 Å². The van der Waals surface area contributed by atoms with E-state index in [0.29, 0.717) is 0 Å². The highest BCUT2D eigenvalue weighted by Crippen LogP contribution is 2.14. The highest BCUT2D eigenvalue weighted by atomic mass is 15.1. The zero-order valence-corrected chi connectivity index (χ0v) is 12.3. The first kappa shape index (κ1) is 14.5. The Morgan fingerprint density at radius 3 is 2.79 bits per heavy atom. The molecule has 1 N–H and O–H groups in total. The summed E-state index contributed by atoms with van der Waals surface area (Å²) in [5, 5.41) is 3.63. The number of likely N-dealkylation sites (tertiary alicyclic amines) is 1. The van der Waals surface area contributed by atoms with Gasteiger partial charge in [-0.2, -0.15) is 0 Å². The normalized spacial score (nSPS) is 19.9. The smallest absolute Gasteiger partial charge is 0.00222 e. The molecule has 1 saturated heterocycles. The summed E-state index contributed by atoms with van der Waals surface area (Å²) in [5.74, 6) is 0.883. The fourth-order valence-corrected chi connectivity index (χ4v) is 2.90. The minimum atomic E-state index is 0.883. The minimum Gasteiger partial charge on any atom is -0.316 e. The van der Waals surface area contributed by atoms with E-state index in [0.717, 1.165) is 5.92 Å². The van der Waals surface area contributed by atoms with Crippen molar-refractivity contribution in [2.45, 2.75) is 32.6 Å². The van der Waals surface area contributed by atoms with Crippen LogP contribution in [0.1, 0.15) is 31.7 Å². The van der Waals surface area contributed by atoms with E-state index in [4.69, 9.17) is 0 Å². The Balaban J connectivity index is 1.47. The maximum absolute atomic E-state index is 3.63.